The van der Waals surface area contributed by atoms with Crippen molar-refractivity contribution in [3.05, 3.63) is 0 Å². The standard InChI is InChI=1S/C14H27NO3/c1-12(18-2)8-9-14(17)15(10-11-16)13-6-4-3-5-7-13/h12-13,16H,3-11H2,1-2H3. The van der Waals surface area contributed by atoms with Crippen LogP contribution in [0, 0.1) is 0 Å². The van der Waals surface area contributed by atoms with E-state index in [1.807, 2.05) is 11.8 Å². The fourth-order valence-electron chi connectivity index (χ4n) is 2.60. The van der Waals surface area contributed by atoms with Crippen molar-refractivity contribution < 1.29 is 14.6 Å². The molecule has 0 heterocycles. The van der Waals surface area contributed by atoms with E-state index in [-0.39, 0.29) is 18.6 Å². The zero-order chi connectivity index (χ0) is 13.4. The van der Waals surface area contributed by atoms with Gasteiger partial charge in [-0.1, -0.05) is 19.3 Å². The van der Waals surface area contributed by atoms with E-state index < -0.39 is 0 Å². The molecule has 0 aromatic heterocycles. The molecule has 0 radical (unpaired) electrons. The number of nitrogens with zero attached hydrogens (tertiary/aromatic N) is 1. The number of aliphatic hydroxyl groups excluding tert-OH is 1. The molecule has 106 valence electrons. The van der Waals surface area contributed by atoms with Crippen LogP contribution in [0.1, 0.15) is 51.9 Å². The summed E-state index contributed by atoms with van der Waals surface area (Å²) in [5, 5.41) is 9.12. The Bertz CT molecular complexity index is 239. The van der Waals surface area contributed by atoms with E-state index in [1.54, 1.807) is 7.11 Å². The van der Waals surface area contributed by atoms with E-state index in [1.165, 1.54) is 19.3 Å². The Kier molecular flexibility index (Phi) is 7.28. The summed E-state index contributed by atoms with van der Waals surface area (Å²) < 4.78 is 5.17. The van der Waals surface area contributed by atoms with Crippen molar-refractivity contribution in [3.8, 4) is 0 Å². The topological polar surface area (TPSA) is 49.8 Å². The molecule has 1 atom stereocenters. The minimum Gasteiger partial charge on any atom is -0.395 e. The van der Waals surface area contributed by atoms with Gasteiger partial charge in [0, 0.05) is 26.1 Å². The second-order valence-electron chi connectivity index (χ2n) is 5.19. The van der Waals surface area contributed by atoms with Crippen molar-refractivity contribution in [2.45, 2.75) is 64.0 Å². The molecule has 1 rings (SSSR count). The zero-order valence-electron chi connectivity index (χ0n) is 11.7. The molecule has 0 saturated heterocycles. The number of methoxy groups -OCH3 is 1. The van der Waals surface area contributed by atoms with Crippen molar-refractivity contribution in [3.63, 3.8) is 0 Å². The zero-order valence-corrected chi connectivity index (χ0v) is 11.7. The Morgan fingerprint density at radius 1 is 1.39 bits per heavy atom. The molecular weight excluding hydrogens is 230 g/mol. The normalized spacial score (nSPS) is 18.6. The first-order valence-corrected chi connectivity index (χ1v) is 7.12. The van der Waals surface area contributed by atoms with Gasteiger partial charge in [-0.15, -0.1) is 0 Å². The quantitative estimate of drug-likeness (QED) is 0.758. The molecule has 0 spiro atoms. The highest BCUT2D eigenvalue weighted by molar-refractivity contribution is 5.76. The highest BCUT2D eigenvalue weighted by Gasteiger charge is 2.24. The highest BCUT2D eigenvalue weighted by atomic mass is 16.5. The van der Waals surface area contributed by atoms with Gasteiger partial charge in [-0.3, -0.25) is 4.79 Å². The average molecular weight is 257 g/mol. The van der Waals surface area contributed by atoms with Gasteiger partial charge in [0.15, 0.2) is 0 Å². The Hall–Kier alpha value is -0.610. The Morgan fingerprint density at radius 2 is 2.06 bits per heavy atom. The fourth-order valence-corrected chi connectivity index (χ4v) is 2.60. The van der Waals surface area contributed by atoms with Gasteiger partial charge in [-0.05, 0) is 26.2 Å². The summed E-state index contributed by atoms with van der Waals surface area (Å²) in [6, 6.07) is 0.344. The van der Waals surface area contributed by atoms with Gasteiger partial charge in [0.25, 0.3) is 0 Å². The molecule has 0 aromatic carbocycles. The van der Waals surface area contributed by atoms with Crippen molar-refractivity contribution in [1.29, 1.82) is 0 Å². The number of hydrogen-bond acceptors (Lipinski definition) is 3. The lowest BCUT2D eigenvalue weighted by molar-refractivity contribution is -0.135. The molecule has 1 saturated carbocycles. The lowest BCUT2D eigenvalue weighted by Gasteiger charge is -2.34. The lowest BCUT2D eigenvalue weighted by Crippen LogP contribution is -2.43. The van der Waals surface area contributed by atoms with Crippen molar-refractivity contribution in [1.82, 2.24) is 4.90 Å². The third-order valence-electron chi connectivity index (χ3n) is 3.84. The van der Waals surface area contributed by atoms with Crippen molar-refractivity contribution in [2.24, 2.45) is 0 Å². The summed E-state index contributed by atoms with van der Waals surface area (Å²) >= 11 is 0. The fraction of sp³-hybridized carbons (Fsp3) is 0.929. The first-order valence-electron chi connectivity index (χ1n) is 7.12. The second kappa shape index (κ2) is 8.48. The van der Waals surface area contributed by atoms with Gasteiger partial charge in [0.05, 0.1) is 12.7 Å². The molecular formula is C14H27NO3. The number of aliphatic hydroxyl groups is 1. The molecule has 18 heavy (non-hydrogen) atoms. The predicted octanol–water partition coefficient (Wildman–Crippen LogP) is 1.96. The lowest BCUT2D eigenvalue weighted by atomic mass is 9.94. The number of rotatable bonds is 7. The third-order valence-corrected chi connectivity index (χ3v) is 3.84. The van der Waals surface area contributed by atoms with Crippen LogP contribution >= 0.6 is 0 Å². The van der Waals surface area contributed by atoms with E-state index in [0.29, 0.717) is 19.0 Å². The minimum atomic E-state index is 0.0576. The van der Waals surface area contributed by atoms with Gasteiger partial charge < -0.3 is 14.7 Å². The molecule has 1 N–H and O–H groups in total. The van der Waals surface area contributed by atoms with Crippen LogP contribution in [0.3, 0.4) is 0 Å². The molecule has 1 fully saturated rings. The molecule has 1 amide bonds. The van der Waals surface area contributed by atoms with Gasteiger partial charge in [0.2, 0.25) is 5.91 Å². The summed E-state index contributed by atoms with van der Waals surface area (Å²) in [6.45, 7) is 2.51. The SMILES string of the molecule is COC(C)CCC(=O)N(CCO)C1CCCCC1. The number of amides is 1. The van der Waals surface area contributed by atoms with Gasteiger partial charge in [-0.2, -0.15) is 0 Å². The van der Waals surface area contributed by atoms with E-state index in [2.05, 4.69) is 0 Å². The first kappa shape index (κ1) is 15.4. The highest BCUT2D eigenvalue weighted by Crippen LogP contribution is 2.23. The summed E-state index contributed by atoms with van der Waals surface area (Å²) in [4.78, 5) is 14.1. The summed E-state index contributed by atoms with van der Waals surface area (Å²) in [7, 11) is 1.67. The smallest absolute Gasteiger partial charge is 0.222 e. The third kappa shape index (κ3) is 4.94. The molecule has 0 bridgehead atoms. The average Bonchev–Trinajstić information content (AvgIpc) is 2.42. The number of carbonyl (C=O) groups is 1. The van der Waals surface area contributed by atoms with Crippen LogP contribution in [-0.2, 0) is 9.53 Å². The second-order valence-corrected chi connectivity index (χ2v) is 5.19. The molecule has 0 aromatic rings. The van der Waals surface area contributed by atoms with Crippen LogP contribution in [0.4, 0.5) is 0 Å². The maximum absolute atomic E-state index is 12.2. The van der Waals surface area contributed by atoms with Gasteiger partial charge in [0.1, 0.15) is 0 Å². The molecule has 4 heteroatoms. The monoisotopic (exact) mass is 257 g/mol. The predicted molar refractivity (Wildman–Crippen MR) is 71.4 cm³/mol. The molecule has 4 nitrogen and oxygen atoms in total. The number of carbonyl (C=O) groups excluding carboxylic acids is 1. The Balaban J connectivity index is 2.46. The van der Waals surface area contributed by atoms with E-state index >= 15 is 0 Å². The largest absolute Gasteiger partial charge is 0.395 e. The van der Waals surface area contributed by atoms with Crippen LogP contribution in [0.25, 0.3) is 0 Å². The Labute approximate surface area is 110 Å². The van der Waals surface area contributed by atoms with Gasteiger partial charge >= 0.3 is 0 Å². The maximum atomic E-state index is 12.2. The number of ether oxygens (including phenoxy) is 1. The molecule has 1 aliphatic carbocycles. The Morgan fingerprint density at radius 3 is 2.61 bits per heavy atom. The van der Waals surface area contributed by atoms with Crippen LogP contribution in [0.15, 0.2) is 0 Å². The van der Waals surface area contributed by atoms with Crippen LogP contribution < -0.4 is 0 Å². The summed E-state index contributed by atoms with van der Waals surface area (Å²) in [5.74, 6) is 0.167. The van der Waals surface area contributed by atoms with E-state index in [0.717, 1.165) is 19.3 Å². The molecule has 0 aliphatic heterocycles. The number of hydrogen-bond donors (Lipinski definition) is 1. The summed E-state index contributed by atoms with van der Waals surface area (Å²) in [5.41, 5.74) is 0. The maximum Gasteiger partial charge on any atom is 0.222 e. The van der Waals surface area contributed by atoms with Crippen molar-refractivity contribution >= 4 is 5.91 Å². The van der Waals surface area contributed by atoms with Crippen LogP contribution in [0.5, 0.6) is 0 Å². The first-order chi connectivity index (χ1) is 8.69. The van der Waals surface area contributed by atoms with Crippen LogP contribution in [0.2, 0.25) is 0 Å². The van der Waals surface area contributed by atoms with E-state index in [4.69, 9.17) is 9.84 Å². The minimum absolute atomic E-state index is 0.0576. The van der Waals surface area contributed by atoms with Crippen molar-refractivity contribution in [2.75, 3.05) is 20.3 Å². The molecule has 1 aliphatic rings. The molecule has 1 unspecified atom stereocenters. The van der Waals surface area contributed by atoms with Gasteiger partial charge in [-0.25, -0.2) is 0 Å². The van der Waals surface area contributed by atoms with Crippen LogP contribution in [-0.4, -0.2) is 48.3 Å². The summed E-state index contributed by atoms with van der Waals surface area (Å²) in [6.07, 6.45) is 7.25. The van der Waals surface area contributed by atoms with E-state index in [9.17, 15) is 4.79 Å².